The second kappa shape index (κ2) is 16.2. The molecule has 0 atom stereocenters. The molecule has 1 nitrogen and oxygen atoms in total. The zero-order valence-corrected chi connectivity index (χ0v) is 11.5. The zero-order chi connectivity index (χ0) is 0. The molecule has 0 spiro atoms. The summed E-state index contributed by atoms with van der Waals surface area (Å²) in [5.74, 6) is 0. The van der Waals surface area contributed by atoms with Crippen LogP contribution in [0.5, 0.6) is 0 Å². The number of rotatable bonds is 0. The molecule has 0 unspecified atom stereocenters. The molecule has 0 rings (SSSR count). The van der Waals surface area contributed by atoms with Gasteiger partial charge in [-0.3, -0.25) is 0 Å². The third-order valence-electron chi connectivity index (χ3n) is 0. The standard InChI is InChI=1S/Ba.Eu.H2O.H3Si.2H/h;;1H2;1H3;;/q+2;;;;2*-1. The van der Waals surface area contributed by atoms with Crippen LogP contribution in [0.25, 0.3) is 0 Å². The van der Waals surface area contributed by atoms with Crippen LogP contribution in [0.15, 0.2) is 0 Å². The summed E-state index contributed by atoms with van der Waals surface area (Å²) in [4.78, 5) is 0. The predicted molar refractivity (Wildman–Crippen MR) is 21.5 cm³/mol. The van der Waals surface area contributed by atoms with E-state index in [9.17, 15) is 0 Å². The fourth-order valence-corrected chi connectivity index (χ4v) is 0. The molecule has 0 saturated carbocycles. The maximum Gasteiger partial charge on any atom is 2.00 e. The van der Waals surface area contributed by atoms with E-state index >= 15 is 0 Å². The van der Waals surface area contributed by atoms with Gasteiger partial charge in [-0.1, -0.05) is 0 Å². The fraction of sp³-hybridized carbons (Fsp3) is 0. The van der Waals surface area contributed by atoms with Crippen molar-refractivity contribution in [3.8, 4) is 0 Å². The molecule has 0 bridgehead atoms. The molecule has 26 valence electrons. The van der Waals surface area contributed by atoms with Gasteiger partial charge in [0.25, 0.3) is 0 Å². The Morgan fingerprint density at radius 3 is 1.25 bits per heavy atom. The second-order valence-electron chi connectivity index (χ2n) is 0. The van der Waals surface area contributed by atoms with E-state index in [0.717, 1.165) is 0 Å². The van der Waals surface area contributed by atoms with E-state index in [1.807, 2.05) is 0 Å². The van der Waals surface area contributed by atoms with Crippen LogP contribution >= 0.6 is 0 Å². The molecule has 4 heavy (non-hydrogen) atoms. The average Bonchev–Trinajstić information content (AvgIpc) is 0. The van der Waals surface area contributed by atoms with Crippen LogP contribution < -0.4 is 0 Å². The monoisotopic (exact) mass is 342 g/mol. The van der Waals surface area contributed by atoms with Gasteiger partial charge >= 0.3 is 48.9 Å². The molecule has 4 heteroatoms. The maximum atomic E-state index is 0. The summed E-state index contributed by atoms with van der Waals surface area (Å²) in [6.45, 7) is 0. The molecule has 2 N–H and O–H groups in total. The van der Waals surface area contributed by atoms with E-state index in [0.29, 0.717) is 0 Å². The smallest absolute Gasteiger partial charge is 1.00 e. The van der Waals surface area contributed by atoms with Crippen LogP contribution in [0.4, 0.5) is 0 Å². The van der Waals surface area contributed by atoms with Crippen molar-refractivity contribution in [1.29, 1.82) is 0 Å². The molecular weight excluding hydrogens is 333 g/mol. The van der Waals surface area contributed by atoms with Crippen LogP contribution in [0.2, 0.25) is 0 Å². The summed E-state index contributed by atoms with van der Waals surface area (Å²) in [7, 11) is 0. The van der Waals surface area contributed by atoms with E-state index < -0.39 is 0 Å². The van der Waals surface area contributed by atoms with Gasteiger partial charge in [-0.25, -0.2) is 0 Å². The SMILES string of the molecule is O.[Ba+2].[Eu].[H-].[H-].[SiH3]. The molecule has 0 heterocycles. The van der Waals surface area contributed by atoms with Crippen molar-refractivity contribution in [2.75, 3.05) is 0 Å². The largest absolute Gasteiger partial charge is 2.00 e. The average molecular weight is 340 g/mol. The van der Waals surface area contributed by atoms with Crippen LogP contribution in [0.1, 0.15) is 2.85 Å². The van der Waals surface area contributed by atoms with Gasteiger partial charge in [0.1, 0.15) is 0 Å². The first-order valence-electron chi connectivity index (χ1n) is 0. The first-order chi connectivity index (χ1) is 0. The van der Waals surface area contributed by atoms with Gasteiger partial charge in [0.05, 0.1) is 0 Å². The summed E-state index contributed by atoms with van der Waals surface area (Å²) in [6.07, 6.45) is 0. The first kappa shape index (κ1) is 26.5. The Morgan fingerprint density at radius 1 is 1.25 bits per heavy atom. The van der Waals surface area contributed by atoms with E-state index in [2.05, 4.69) is 0 Å². The molecular formula is H7BaEuOSi. The molecule has 0 saturated heterocycles. The maximum absolute atomic E-state index is 0. The summed E-state index contributed by atoms with van der Waals surface area (Å²) >= 11 is 0. The molecule has 0 aromatic heterocycles. The van der Waals surface area contributed by atoms with Crippen LogP contribution in [-0.2, 0) is 0 Å². The minimum atomic E-state index is 0. The van der Waals surface area contributed by atoms with E-state index in [1.54, 1.807) is 0 Å². The van der Waals surface area contributed by atoms with Crippen LogP contribution in [0.3, 0.4) is 0 Å². The quantitative estimate of drug-likeness (QED) is 0.450. The second-order valence-corrected chi connectivity index (χ2v) is 0. The Kier molecular flexibility index (Phi) is 107. The summed E-state index contributed by atoms with van der Waals surface area (Å²) in [5.41, 5.74) is 0. The van der Waals surface area contributed by atoms with Crippen molar-refractivity contribution in [1.82, 2.24) is 0 Å². The topological polar surface area (TPSA) is 31.5 Å². The van der Waals surface area contributed by atoms with Gasteiger partial charge in [0.15, 0.2) is 0 Å². The zero-order valence-electron chi connectivity index (χ0n) is 4.59. The minimum absolute atomic E-state index is 0. The molecule has 2 radical (unpaired) electrons. The molecule has 0 aliphatic carbocycles. The number of hydrogen-bond donors (Lipinski definition) is 0. The van der Waals surface area contributed by atoms with Gasteiger partial charge in [-0.2, -0.15) is 0 Å². The van der Waals surface area contributed by atoms with Crippen molar-refractivity contribution in [2.45, 2.75) is 0 Å². The first-order valence-corrected chi connectivity index (χ1v) is 0. The van der Waals surface area contributed by atoms with Crippen molar-refractivity contribution in [3.63, 3.8) is 0 Å². The molecule has 0 amide bonds. The van der Waals surface area contributed by atoms with Gasteiger partial charge in [0, 0.05) is 49.4 Å². The van der Waals surface area contributed by atoms with E-state index in [1.165, 1.54) is 0 Å². The predicted octanol–water partition coefficient (Wildman–Crippen LogP) is -2.16. The van der Waals surface area contributed by atoms with Gasteiger partial charge in [-0.15, -0.1) is 0 Å². The Morgan fingerprint density at radius 2 is 1.25 bits per heavy atom. The van der Waals surface area contributed by atoms with Crippen molar-refractivity contribution in [3.05, 3.63) is 0 Å². The Hall–Kier alpha value is 3.33. The summed E-state index contributed by atoms with van der Waals surface area (Å²) < 4.78 is 0. The fourth-order valence-electron chi connectivity index (χ4n) is 0. The van der Waals surface area contributed by atoms with E-state index in [4.69, 9.17) is 0 Å². The van der Waals surface area contributed by atoms with Crippen LogP contribution in [0, 0.1) is 49.4 Å². The van der Waals surface area contributed by atoms with Gasteiger partial charge in [-0.05, 0) is 11.0 Å². The molecule has 0 fully saturated rings. The van der Waals surface area contributed by atoms with Crippen molar-refractivity contribution >= 4 is 59.8 Å². The Balaban J connectivity index is 0. The summed E-state index contributed by atoms with van der Waals surface area (Å²) in [6, 6.07) is 0. The third kappa shape index (κ3) is 9.01. The van der Waals surface area contributed by atoms with Gasteiger partial charge in [0.2, 0.25) is 0 Å². The Labute approximate surface area is 114 Å². The number of hydrogen-bond acceptors (Lipinski definition) is 0. The third-order valence-corrected chi connectivity index (χ3v) is 0. The molecule has 0 aromatic carbocycles. The van der Waals surface area contributed by atoms with Crippen LogP contribution in [-0.4, -0.2) is 65.3 Å². The van der Waals surface area contributed by atoms with Crippen molar-refractivity contribution < 1.29 is 57.7 Å². The van der Waals surface area contributed by atoms with Gasteiger partial charge < -0.3 is 8.33 Å². The normalized spacial score (nSPS) is 0. The van der Waals surface area contributed by atoms with E-state index in [-0.39, 0.29) is 118 Å². The van der Waals surface area contributed by atoms with Crippen molar-refractivity contribution in [2.24, 2.45) is 0 Å². The minimum Gasteiger partial charge on any atom is -1.00 e. The molecule has 0 aromatic rings. The Bertz CT molecular complexity index is 13.5. The summed E-state index contributed by atoms with van der Waals surface area (Å²) in [5, 5.41) is 0. The molecule has 0 aliphatic heterocycles. The molecule has 0 aliphatic rings.